The predicted molar refractivity (Wildman–Crippen MR) is 70.9 cm³/mol. The van der Waals surface area contributed by atoms with E-state index in [0.29, 0.717) is 12.6 Å². The zero-order chi connectivity index (χ0) is 11.5. The van der Waals surface area contributed by atoms with Crippen LogP contribution < -0.4 is 5.73 Å². The van der Waals surface area contributed by atoms with E-state index < -0.39 is 6.04 Å². The van der Waals surface area contributed by atoms with Gasteiger partial charge < -0.3 is 10.6 Å². The van der Waals surface area contributed by atoms with E-state index in [1.54, 1.807) is 6.92 Å². The Labute approximate surface area is 108 Å². The van der Waals surface area contributed by atoms with Gasteiger partial charge in [-0.15, -0.1) is 12.4 Å². The molecule has 0 saturated heterocycles. The highest BCUT2D eigenvalue weighted by molar-refractivity contribution is 5.85. The van der Waals surface area contributed by atoms with E-state index in [4.69, 9.17) is 5.73 Å². The molecule has 4 heteroatoms. The minimum Gasteiger partial charge on any atom is -0.334 e. The van der Waals surface area contributed by atoms with Crippen molar-refractivity contribution in [3.63, 3.8) is 0 Å². The smallest absolute Gasteiger partial charge is 0.239 e. The highest BCUT2D eigenvalue weighted by atomic mass is 35.5. The molecule has 1 amide bonds. The van der Waals surface area contributed by atoms with Crippen molar-refractivity contribution in [1.82, 2.24) is 4.90 Å². The number of hydrogen-bond acceptors (Lipinski definition) is 2. The number of amides is 1. The second kappa shape index (κ2) is 6.03. The summed E-state index contributed by atoms with van der Waals surface area (Å²) in [6.07, 6.45) is 2.23. The van der Waals surface area contributed by atoms with Crippen molar-refractivity contribution < 1.29 is 4.79 Å². The molecular formula is C13H19ClN2O. The Morgan fingerprint density at radius 3 is 2.47 bits per heavy atom. The van der Waals surface area contributed by atoms with Crippen LogP contribution in [0.2, 0.25) is 0 Å². The Kier molecular flexibility index (Phi) is 4.97. The fraction of sp³-hybridized carbons (Fsp3) is 0.462. The van der Waals surface area contributed by atoms with Gasteiger partial charge in [-0.3, -0.25) is 4.79 Å². The standard InChI is InChI=1S/C13H18N2O.ClH/c1-10(14)13(16)15(12-7-8-12)9-11-5-3-2-4-6-11;/h2-6,10,12H,7-9,14H2,1H3;1H. The zero-order valence-corrected chi connectivity index (χ0v) is 10.8. The largest absolute Gasteiger partial charge is 0.334 e. The van der Waals surface area contributed by atoms with Gasteiger partial charge in [-0.25, -0.2) is 0 Å². The average Bonchev–Trinajstić information content (AvgIpc) is 3.10. The Hall–Kier alpha value is -1.06. The first kappa shape index (κ1) is 14.0. The minimum atomic E-state index is -0.399. The number of hydrogen-bond donors (Lipinski definition) is 1. The first-order valence-electron chi connectivity index (χ1n) is 5.78. The first-order chi connectivity index (χ1) is 7.68. The lowest BCUT2D eigenvalue weighted by molar-refractivity contribution is -0.133. The van der Waals surface area contributed by atoms with Crippen LogP contribution >= 0.6 is 12.4 Å². The molecule has 3 nitrogen and oxygen atoms in total. The third-order valence-corrected chi connectivity index (χ3v) is 2.86. The molecule has 0 aromatic heterocycles. The summed E-state index contributed by atoms with van der Waals surface area (Å²) >= 11 is 0. The van der Waals surface area contributed by atoms with Gasteiger partial charge in [-0.1, -0.05) is 30.3 Å². The fourth-order valence-electron chi connectivity index (χ4n) is 1.81. The molecule has 1 atom stereocenters. The number of carbonyl (C=O) groups excluding carboxylic acids is 1. The Morgan fingerprint density at radius 1 is 1.41 bits per heavy atom. The SMILES string of the molecule is CC(N)C(=O)N(Cc1ccccc1)C1CC1.Cl. The molecule has 1 aromatic rings. The molecule has 1 aliphatic carbocycles. The molecule has 0 aliphatic heterocycles. The summed E-state index contributed by atoms with van der Waals surface area (Å²) in [5.41, 5.74) is 6.83. The van der Waals surface area contributed by atoms with Crippen LogP contribution in [-0.4, -0.2) is 22.9 Å². The van der Waals surface area contributed by atoms with Crippen LogP contribution in [0, 0.1) is 0 Å². The molecular weight excluding hydrogens is 236 g/mol. The Balaban J connectivity index is 0.00000144. The van der Waals surface area contributed by atoms with Gasteiger partial charge in [0, 0.05) is 12.6 Å². The van der Waals surface area contributed by atoms with Crippen molar-refractivity contribution in [2.75, 3.05) is 0 Å². The van der Waals surface area contributed by atoms with Crippen LogP contribution in [0.15, 0.2) is 30.3 Å². The van der Waals surface area contributed by atoms with Crippen LogP contribution in [0.5, 0.6) is 0 Å². The predicted octanol–water partition coefficient (Wildman–Crippen LogP) is 1.95. The van der Waals surface area contributed by atoms with Gasteiger partial charge in [0.05, 0.1) is 6.04 Å². The van der Waals surface area contributed by atoms with E-state index in [1.807, 2.05) is 35.2 Å². The monoisotopic (exact) mass is 254 g/mol. The summed E-state index contributed by atoms with van der Waals surface area (Å²) in [6, 6.07) is 10.1. The topological polar surface area (TPSA) is 46.3 Å². The van der Waals surface area contributed by atoms with E-state index in [2.05, 4.69) is 0 Å². The molecule has 2 rings (SSSR count). The van der Waals surface area contributed by atoms with Crippen LogP contribution in [0.3, 0.4) is 0 Å². The molecule has 2 N–H and O–H groups in total. The number of nitrogens with zero attached hydrogens (tertiary/aromatic N) is 1. The maximum Gasteiger partial charge on any atom is 0.239 e. The molecule has 1 unspecified atom stereocenters. The van der Waals surface area contributed by atoms with Crippen molar-refractivity contribution >= 4 is 18.3 Å². The molecule has 1 saturated carbocycles. The van der Waals surface area contributed by atoms with Gasteiger partial charge in [0.25, 0.3) is 0 Å². The molecule has 1 aliphatic rings. The molecule has 94 valence electrons. The number of rotatable bonds is 4. The van der Waals surface area contributed by atoms with Gasteiger partial charge in [-0.2, -0.15) is 0 Å². The average molecular weight is 255 g/mol. The molecule has 1 aromatic carbocycles. The van der Waals surface area contributed by atoms with E-state index >= 15 is 0 Å². The highest BCUT2D eigenvalue weighted by Gasteiger charge is 2.33. The van der Waals surface area contributed by atoms with E-state index in [-0.39, 0.29) is 18.3 Å². The Morgan fingerprint density at radius 2 is 2.00 bits per heavy atom. The third kappa shape index (κ3) is 3.72. The molecule has 1 fully saturated rings. The second-order valence-corrected chi connectivity index (χ2v) is 4.47. The molecule has 0 spiro atoms. The summed E-state index contributed by atoms with van der Waals surface area (Å²) in [5, 5.41) is 0. The number of nitrogens with two attached hydrogens (primary N) is 1. The van der Waals surface area contributed by atoms with Crippen LogP contribution in [0.4, 0.5) is 0 Å². The lowest BCUT2D eigenvalue weighted by atomic mass is 10.2. The van der Waals surface area contributed by atoms with Crippen LogP contribution in [0.25, 0.3) is 0 Å². The summed E-state index contributed by atoms with van der Waals surface area (Å²) in [7, 11) is 0. The highest BCUT2D eigenvalue weighted by Crippen LogP contribution is 2.28. The maximum atomic E-state index is 11.9. The quantitative estimate of drug-likeness (QED) is 0.893. The van der Waals surface area contributed by atoms with Crippen molar-refractivity contribution in [3.05, 3.63) is 35.9 Å². The van der Waals surface area contributed by atoms with E-state index in [9.17, 15) is 4.79 Å². The van der Waals surface area contributed by atoms with E-state index in [1.165, 1.54) is 5.56 Å². The van der Waals surface area contributed by atoms with Crippen LogP contribution in [-0.2, 0) is 11.3 Å². The second-order valence-electron chi connectivity index (χ2n) is 4.47. The molecule has 0 radical (unpaired) electrons. The van der Waals surface area contributed by atoms with Crippen LogP contribution in [0.1, 0.15) is 25.3 Å². The van der Waals surface area contributed by atoms with Gasteiger partial charge in [-0.05, 0) is 25.3 Å². The first-order valence-corrected chi connectivity index (χ1v) is 5.78. The number of carbonyl (C=O) groups is 1. The molecule has 17 heavy (non-hydrogen) atoms. The van der Waals surface area contributed by atoms with Gasteiger partial charge in [0.2, 0.25) is 5.91 Å². The Bertz CT molecular complexity index is 363. The summed E-state index contributed by atoms with van der Waals surface area (Å²) < 4.78 is 0. The van der Waals surface area contributed by atoms with Crippen molar-refractivity contribution in [2.45, 2.75) is 38.4 Å². The van der Waals surface area contributed by atoms with E-state index in [0.717, 1.165) is 12.8 Å². The maximum absolute atomic E-state index is 11.9. The summed E-state index contributed by atoms with van der Waals surface area (Å²) in [5.74, 6) is 0.0614. The van der Waals surface area contributed by atoms with Gasteiger partial charge in [0.15, 0.2) is 0 Å². The summed E-state index contributed by atoms with van der Waals surface area (Å²) in [4.78, 5) is 13.8. The van der Waals surface area contributed by atoms with Crippen molar-refractivity contribution in [1.29, 1.82) is 0 Å². The van der Waals surface area contributed by atoms with Crippen molar-refractivity contribution in [3.8, 4) is 0 Å². The lowest BCUT2D eigenvalue weighted by Crippen LogP contribution is -2.42. The number of halogens is 1. The van der Waals surface area contributed by atoms with Gasteiger partial charge in [0.1, 0.15) is 0 Å². The lowest BCUT2D eigenvalue weighted by Gasteiger charge is -2.24. The fourth-order valence-corrected chi connectivity index (χ4v) is 1.81. The third-order valence-electron chi connectivity index (χ3n) is 2.86. The minimum absolute atomic E-state index is 0. The summed E-state index contributed by atoms with van der Waals surface area (Å²) in [6.45, 7) is 2.44. The van der Waals surface area contributed by atoms with Crippen molar-refractivity contribution in [2.24, 2.45) is 5.73 Å². The number of benzene rings is 1. The normalized spacial score (nSPS) is 15.9. The molecule has 0 heterocycles. The molecule has 0 bridgehead atoms. The zero-order valence-electron chi connectivity index (χ0n) is 10.0. The van der Waals surface area contributed by atoms with Gasteiger partial charge >= 0.3 is 0 Å².